The number of nitrogens with one attached hydrogen (secondary N) is 2. The number of rotatable bonds is 4. The Morgan fingerprint density at radius 3 is 2.35 bits per heavy atom. The van der Waals surface area contributed by atoms with Crippen LogP contribution in [-0.2, 0) is 11.0 Å². The van der Waals surface area contributed by atoms with Gasteiger partial charge in [0.15, 0.2) is 5.13 Å². The van der Waals surface area contributed by atoms with Gasteiger partial charge in [-0.15, -0.1) is 0 Å². The molecule has 1 aromatic heterocycles. The number of hydrogen-bond acceptors (Lipinski definition) is 4. The van der Waals surface area contributed by atoms with Crippen LogP contribution in [0.3, 0.4) is 0 Å². The van der Waals surface area contributed by atoms with Crippen molar-refractivity contribution in [1.82, 2.24) is 4.98 Å². The molecule has 1 aromatic carbocycles. The van der Waals surface area contributed by atoms with E-state index in [0.717, 1.165) is 28.6 Å². The van der Waals surface area contributed by atoms with E-state index in [4.69, 9.17) is 0 Å². The topological polar surface area (TPSA) is 54.0 Å². The Kier molecular flexibility index (Phi) is 4.93. The van der Waals surface area contributed by atoms with E-state index in [2.05, 4.69) is 15.6 Å². The first kappa shape index (κ1) is 17.3. The number of aromatic nitrogens is 1. The average Bonchev–Trinajstić information content (AvgIpc) is 2.89. The van der Waals surface area contributed by atoms with Gasteiger partial charge < -0.3 is 10.6 Å². The molecule has 0 bridgehead atoms. The van der Waals surface area contributed by atoms with Crippen molar-refractivity contribution in [3.05, 3.63) is 39.9 Å². The Bertz CT molecular complexity index is 702. The quantitative estimate of drug-likeness (QED) is 0.877. The van der Waals surface area contributed by atoms with Crippen LogP contribution >= 0.6 is 11.3 Å². The number of thiazole rings is 1. The summed E-state index contributed by atoms with van der Waals surface area (Å²) in [5.41, 5.74) is 3.69. The van der Waals surface area contributed by atoms with E-state index in [1.165, 1.54) is 0 Å². The molecule has 2 N–H and O–H groups in total. The van der Waals surface area contributed by atoms with Crippen LogP contribution in [0.15, 0.2) is 18.3 Å². The van der Waals surface area contributed by atoms with Gasteiger partial charge in [-0.25, -0.2) is 4.98 Å². The number of benzene rings is 1. The molecule has 0 aliphatic carbocycles. The maximum Gasteiger partial charge on any atom is 0.427 e. The summed E-state index contributed by atoms with van der Waals surface area (Å²) < 4.78 is 37.4. The van der Waals surface area contributed by atoms with E-state index in [9.17, 15) is 18.0 Å². The minimum atomic E-state index is -4.42. The minimum Gasteiger partial charge on any atom is -0.352 e. The SMILES string of the molecule is Cc1cc(C)c(NC(=O)CNc2ncc(C(F)(F)F)s2)c(C)c1. The van der Waals surface area contributed by atoms with Gasteiger partial charge in [0.1, 0.15) is 4.88 Å². The van der Waals surface area contributed by atoms with E-state index >= 15 is 0 Å². The monoisotopic (exact) mass is 343 g/mol. The minimum absolute atomic E-state index is 0.0600. The summed E-state index contributed by atoms with van der Waals surface area (Å²) in [6.45, 7) is 5.59. The zero-order valence-corrected chi connectivity index (χ0v) is 13.7. The number of nitrogens with zero attached hydrogens (tertiary/aromatic N) is 1. The van der Waals surface area contributed by atoms with E-state index in [1.54, 1.807) is 0 Å². The molecule has 1 amide bonds. The number of carbonyl (C=O) groups is 1. The van der Waals surface area contributed by atoms with Gasteiger partial charge in [0.05, 0.1) is 12.7 Å². The second kappa shape index (κ2) is 6.57. The number of hydrogen-bond donors (Lipinski definition) is 2. The Morgan fingerprint density at radius 1 is 1.22 bits per heavy atom. The molecular weight excluding hydrogens is 327 g/mol. The predicted molar refractivity (Wildman–Crippen MR) is 84.9 cm³/mol. The first-order valence-corrected chi connectivity index (χ1v) is 7.63. The van der Waals surface area contributed by atoms with Gasteiger partial charge in [0.2, 0.25) is 5.91 Å². The number of halogens is 3. The fourth-order valence-electron chi connectivity index (χ4n) is 2.20. The van der Waals surface area contributed by atoms with Crippen molar-refractivity contribution >= 4 is 28.1 Å². The maximum absolute atomic E-state index is 12.5. The number of amides is 1. The highest BCUT2D eigenvalue weighted by Crippen LogP contribution is 2.34. The van der Waals surface area contributed by atoms with Crippen molar-refractivity contribution in [3.8, 4) is 0 Å². The third-order valence-electron chi connectivity index (χ3n) is 3.13. The molecule has 0 unspecified atom stereocenters. The fraction of sp³-hybridized carbons (Fsp3) is 0.333. The number of alkyl halides is 3. The highest BCUT2D eigenvalue weighted by molar-refractivity contribution is 7.15. The summed E-state index contributed by atoms with van der Waals surface area (Å²) in [5.74, 6) is -0.344. The summed E-state index contributed by atoms with van der Waals surface area (Å²) in [5, 5.41) is 5.43. The molecular formula is C15H16F3N3OS. The molecule has 124 valence electrons. The van der Waals surface area contributed by atoms with Crippen molar-refractivity contribution < 1.29 is 18.0 Å². The lowest BCUT2D eigenvalue weighted by Gasteiger charge is -2.13. The summed E-state index contributed by atoms with van der Waals surface area (Å²) in [4.78, 5) is 14.8. The second-order valence-corrected chi connectivity index (χ2v) is 6.23. The van der Waals surface area contributed by atoms with Gasteiger partial charge in [-0.1, -0.05) is 29.0 Å². The number of carbonyl (C=O) groups excluding carboxylic acids is 1. The standard InChI is InChI=1S/C15H16F3N3OS/c1-8-4-9(2)13(10(3)5-8)21-12(22)7-20-14-19-6-11(23-14)15(16,17)18/h4-6H,7H2,1-3H3,(H,19,20)(H,21,22). The van der Waals surface area contributed by atoms with Crippen LogP contribution in [0.2, 0.25) is 0 Å². The van der Waals surface area contributed by atoms with Gasteiger partial charge in [-0.3, -0.25) is 4.79 Å². The Morgan fingerprint density at radius 2 is 1.83 bits per heavy atom. The van der Waals surface area contributed by atoms with Crippen molar-refractivity contribution in [1.29, 1.82) is 0 Å². The highest BCUT2D eigenvalue weighted by atomic mass is 32.1. The van der Waals surface area contributed by atoms with Crippen LogP contribution in [0, 0.1) is 20.8 Å². The summed E-state index contributed by atoms with van der Waals surface area (Å²) in [6.07, 6.45) is -3.67. The summed E-state index contributed by atoms with van der Waals surface area (Å²) in [6, 6.07) is 3.90. The molecule has 0 saturated heterocycles. The Hall–Kier alpha value is -2.09. The number of anilines is 2. The number of aryl methyl sites for hydroxylation is 3. The van der Waals surface area contributed by atoms with Crippen molar-refractivity contribution in [2.45, 2.75) is 26.9 Å². The van der Waals surface area contributed by atoms with E-state index in [-0.39, 0.29) is 17.6 Å². The molecule has 1 heterocycles. The molecule has 0 spiro atoms. The molecule has 0 fully saturated rings. The fourth-order valence-corrected chi connectivity index (χ4v) is 2.88. The van der Waals surface area contributed by atoms with E-state index in [0.29, 0.717) is 11.3 Å². The van der Waals surface area contributed by atoms with Crippen molar-refractivity contribution in [2.75, 3.05) is 17.2 Å². The summed E-state index contributed by atoms with van der Waals surface area (Å²) in [7, 11) is 0. The van der Waals surface area contributed by atoms with Crippen molar-refractivity contribution in [3.63, 3.8) is 0 Å². The van der Waals surface area contributed by atoms with Crippen LogP contribution in [-0.4, -0.2) is 17.4 Å². The van der Waals surface area contributed by atoms with Gasteiger partial charge in [-0.2, -0.15) is 13.2 Å². The molecule has 2 rings (SSSR count). The van der Waals surface area contributed by atoms with E-state index < -0.39 is 11.1 Å². The van der Waals surface area contributed by atoms with Gasteiger partial charge >= 0.3 is 6.18 Å². The zero-order valence-electron chi connectivity index (χ0n) is 12.8. The van der Waals surface area contributed by atoms with Crippen LogP contribution in [0.1, 0.15) is 21.6 Å². The third-order valence-corrected chi connectivity index (χ3v) is 4.13. The lowest BCUT2D eigenvalue weighted by Crippen LogP contribution is -2.22. The molecule has 0 aliphatic heterocycles. The first-order chi connectivity index (χ1) is 10.7. The Balaban J connectivity index is 1.97. The van der Waals surface area contributed by atoms with Crippen LogP contribution < -0.4 is 10.6 Å². The van der Waals surface area contributed by atoms with Crippen molar-refractivity contribution in [2.24, 2.45) is 0 Å². The molecule has 2 aromatic rings. The second-order valence-electron chi connectivity index (χ2n) is 5.20. The van der Waals surface area contributed by atoms with E-state index in [1.807, 2.05) is 32.9 Å². The molecule has 0 radical (unpaired) electrons. The van der Waals surface area contributed by atoms with Crippen LogP contribution in [0.25, 0.3) is 0 Å². The first-order valence-electron chi connectivity index (χ1n) is 6.81. The largest absolute Gasteiger partial charge is 0.427 e. The third kappa shape index (κ3) is 4.44. The molecule has 4 nitrogen and oxygen atoms in total. The van der Waals surface area contributed by atoms with Crippen LogP contribution in [0.4, 0.5) is 24.0 Å². The Labute approximate surface area is 135 Å². The van der Waals surface area contributed by atoms with Gasteiger partial charge in [0, 0.05) is 5.69 Å². The molecule has 0 atom stereocenters. The average molecular weight is 343 g/mol. The van der Waals surface area contributed by atoms with Gasteiger partial charge in [-0.05, 0) is 31.9 Å². The van der Waals surface area contributed by atoms with Gasteiger partial charge in [0.25, 0.3) is 0 Å². The predicted octanol–water partition coefficient (Wildman–Crippen LogP) is 4.14. The normalized spacial score (nSPS) is 11.4. The molecule has 23 heavy (non-hydrogen) atoms. The molecule has 0 saturated carbocycles. The zero-order chi connectivity index (χ0) is 17.2. The highest BCUT2D eigenvalue weighted by Gasteiger charge is 2.33. The molecule has 0 aliphatic rings. The smallest absolute Gasteiger partial charge is 0.352 e. The summed E-state index contributed by atoms with van der Waals surface area (Å²) >= 11 is 0.469. The maximum atomic E-state index is 12.5. The lowest BCUT2D eigenvalue weighted by molar-refractivity contribution is -0.134. The lowest BCUT2D eigenvalue weighted by atomic mass is 10.1. The van der Waals surface area contributed by atoms with Crippen LogP contribution in [0.5, 0.6) is 0 Å². The molecule has 8 heteroatoms.